The molecule has 5 heteroatoms. The zero-order chi connectivity index (χ0) is 16.1. The quantitative estimate of drug-likeness (QED) is 0.851. The van der Waals surface area contributed by atoms with Gasteiger partial charge in [-0.25, -0.2) is 0 Å². The average Bonchev–Trinajstić information content (AvgIpc) is 2.88. The Labute approximate surface area is 135 Å². The molecule has 0 aliphatic rings. The molecule has 0 amide bonds. The number of ether oxygens (including phenoxy) is 2. The van der Waals surface area contributed by atoms with Crippen molar-refractivity contribution in [3.63, 3.8) is 0 Å². The van der Waals surface area contributed by atoms with Crippen LogP contribution in [0.4, 0.5) is 5.69 Å². The third-order valence-electron chi connectivity index (χ3n) is 3.62. The lowest BCUT2D eigenvalue weighted by Gasteiger charge is -2.16. The molecule has 0 saturated heterocycles. The standard InChI is InChI=1S/C17H23NO3S/c1-12-15(18(2)7-8-19)11-14(22-12)9-13-5-6-16(20-3)17(10-13)21-4/h5-6,10-11,19H,7-9H2,1-4H3. The number of likely N-dealkylation sites (N-methyl/N-ethyl adjacent to an activating group) is 1. The summed E-state index contributed by atoms with van der Waals surface area (Å²) in [6, 6.07) is 8.22. The van der Waals surface area contributed by atoms with Crippen LogP contribution in [-0.2, 0) is 6.42 Å². The summed E-state index contributed by atoms with van der Waals surface area (Å²) in [5.74, 6) is 1.50. The first-order valence-corrected chi connectivity index (χ1v) is 8.03. The van der Waals surface area contributed by atoms with Crippen LogP contribution < -0.4 is 14.4 Å². The van der Waals surface area contributed by atoms with E-state index in [9.17, 15) is 0 Å². The Morgan fingerprint density at radius 2 is 1.86 bits per heavy atom. The fraction of sp³-hybridized carbons (Fsp3) is 0.412. The van der Waals surface area contributed by atoms with Gasteiger partial charge in [-0.15, -0.1) is 11.3 Å². The Morgan fingerprint density at radius 1 is 1.14 bits per heavy atom. The van der Waals surface area contributed by atoms with Crippen LogP contribution in [0.1, 0.15) is 15.3 Å². The van der Waals surface area contributed by atoms with Crippen molar-refractivity contribution >= 4 is 17.0 Å². The first kappa shape index (κ1) is 16.6. The second kappa shape index (κ2) is 7.51. The smallest absolute Gasteiger partial charge is 0.160 e. The molecule has 4 nitrogen and oxygen atoms in total. The van der Waals surface area contributed by atoms with Gasteiger partial charge < -0.3 is 19.5 Å². The number of benzene rings is 1. The van der Waals surface area contributed by atoms with Gasteiger partial charge in [0.1, 0.15) is 0 Å². The van der Waals surface area contributed by atoms with Gasteiger partial charge in [0, 0.05) is 29.8 Å². The molecule has 0 aliphatic heterocycles. The number of aliphatic hydroxyl groups is 1. The summed E-state index contributed by atoms with van der Waals surface area (Å²) in [6.45, 7) is 2.93. The average molecular weight is 321 g/mol. The van der Waals surface area contributed by atoms with Gasteiger partial charge in [0.15, 0.2) is 11.5 Å². The topological polar surface area (TPSA) is 41.9 Å². The van der Waals surface area contributed by atoms with Crippen LogP contribution in [0, 0.1) is 6.92 Å². The second-order valence-corrected chi connectivity index (χ2v) is 6.51. The molecular weight excluding hydrogens is 298 g/mol. The fourth-order valence-electron chi connectivity index (χ4n) is 2.46. The molecule has 2 rings (SSSR count). The Bertz CT molecular complexity index is 624. The van der Waals surface area contributed by atoms with E-state index in [4.69, 9.17) is 14.6 Å². The van der Waals surface area contributed by atoms with Crippen molar-refractivity contribution in [2.45, 2.75) is 13.3 Å². The van der Waals surface area contributed by atoms with Crippen LogP contribution in [0.25, 0.3) is 0 Å². The van der Waals surface area contributed by atoms with Crippen molar-refractivity contribution in [3.05, 3.63) is 39.6 Å². The number of aliphatic hydroxyl groups excluding tert-OH is 1. The van der Waals surface area contributed by atoms with E-state index in [1.54, 1.807) is 25.6 Å². The molecule has 2 aromatic rings. The number of hydrogen-bond acceptors (Lipinski definition) is 5. The molecular formula is C17H23NO3S. The third-order valence-corrected chi connectivity index (χ3v) is 4.66. The van der Waals surface area contributed by atoms with Gasteiger partial charge in [0.05, 0.1) is 26.5 Å². The number of thiophene rings is 1. The predicted molar refractivity (Wildman–Crippen MR) is 91.8 cm³/mol. The Hall–Kier alpha value is -1.72. The minimum absolute atomic E-state index is 0.163. The zero-order valence-corrected chi connectivity index (χ0v) is 14.4. The number of aryl methyl sites for hydroxylation is 1. The molecule has 1 aromatic carbocycles. The normalized spacial score (nSPS) is 10.6. The molecule has 22 heavy (non-hydrogen) atoms. The van der Waals surface area contributed by atoms with E-state index >= 15 is 0 Å². The van der Waals surface area contributed by atoms with E-state index in [0.717, 1.165) is 17.9 Å². The van der Waals surface area contributed by atoms with Gasteiger partial charge in [0.2, 0.25) is 0 Å². The summed E-state index contributed by atoms with van der Waals surface area (Å²) >= 11 is 1.79. The van der Waals surface area contributed by atoms with Crippen molar-refractivity contribution in [1.82, 2.24) is 0 Å². The number of anilines is 1. The highest BCUT2D eigenvalue weighted by Crippen LogP contribution is 2.33. The molecule has 0 unspecified atom stereocenters. The molecule has 0 bridgehead atoms. The van der Waals surface area contributed by atoms with E-state index in [0.29, 0.717) is 6.54 Å². The molecule has 0 atom stereocenters. The summed E-state index contributed by atoms with van der Waals surface area (Å²) in [6.07, 6.45) is 0.860. The highest BCUT2D eigenvalue weighted by molar-refractivity contribution is 7.12. The highest BCUT2D eigenvalue weighted by Gasteiger charge is 2.11. The van der Waals surface area contributed by atoms with Gasteiger partial charge in [-0.1, -0.05) is 6.07 Å². The molecule has 1 heterocycles. The first-order valence-electron chi connectivity index (χ1n) is 7.21. The van der Waals surface area contributed by atoms with Crippen LogP contribution in [0.15, 0.2) is 24.3 Å². The molecule has 0 fully saturated rings. The van der Waals surface area contributed by atoms with Crippen molar-refractivity contribution in [2.75, 3.05) is 39.3 Å². The zero-order valence-electron chi connectivity index (χ0n) is 13.5. The summed E-state index contributed by atoms with van der Waals surface area (Å²) in [5.41, 5.74) is 2.38. The maximum atomic E-state index is 9.07. The number of rotatable bonds is 7. The molecule has 0 radical (unpaired) electrons. The lowest BCUT2D eigenvalue weighted by molar-refractivity contribution is 0.304. The number of hydrogen-bond donors (Lipinski definition) is 1. The molecule has 0 spiro atoms. The lowest BCUT2D eigenvalue weighted by atomic mass is 10.1. The van der Waals surface area contributed by atoms with Crippen molar-refractivity contribution in [3.8, 4) is 11.5 Å². The molecule has 120 valence electrons. The number of methoxy groups -OCH3 is 2. The van der Waals surface area contributed by atoms with Crippen LogP contribution in [0.3, 0.4) is 0 Å². The monoisotopic (exact) mass is 321 g/mol. The summed E-state index contributed by atoms with van der Waals surface area (Å²) in [5, 5.41) is 9.07. The van der Waals surface area contributed by atoms with Crippen molar-refractivity contribution < 1.29 is 14.6 Å². The Balaban J connectivity index is 2.19. The van der Waals surface area contributed by atoms with Gasteiger partial charge >= 0.3 is 0 Å². The van der Waals surface area contributed by atoms with Crippen molar-refractivity contribution in [1.29, 1.82) is 0 Å². The third kappa shape index (κ3) is 3.72. The van der Waals surface area contributed by atoms with Crippen LogP contribution in [0.5, 0.6) is 11.5 Å². The van der Waals surface area contributed by atoms with Crippen LogP contribution in [0.2, 0.25) is 0 Å². The van der Waals surface area contributed by atoms with Crippen LogP contribution >= 0.6 is 11.3 Å². The summed E-state index contributed by atoms with van der Waals surface area (Å²) < 4.78 is 10.6. The maximum Gasteiger partial charge on any atom is 0.160 e. The van der Waals surface area contributed by atoms with E-state index in [1.165, 1.54) is 21.0 Å². The molecule has 0 saturated carbocycles. The van der Waals surface area contributed by atoms with E-state index < -0.39 is 0 Å². The highest BCUT2D eigenvalue weighted by atomic mass is 32.1. The Kier molecular flexibility index (Phi) is 5.69. The second-order valence-electron chi connectivity index (χ2n) is 5.17. The van der Waals surface area contributed by atoms with Gasteiger partial charge in [-0.3, -0.25) is 0 Å². The maximum absolute atomic E-state index is 9.07. The van der Waals surface area contributed by atoms with Gasteiger partial charge in [0.25, 0.3) is 0 Å². The fourth-order valence-corrected chi connectivity index (χ4v) is 3.58. The van der Waals surface area contributed by atoms with E-state index in [-0.39, 0.29) is 6.61 Å². The largest absolute Gasteiger partial charge is 0.493 e. The van der Waals surface area contributed by atoms with E-state index in [1.807, 2.05) is 19.2 Å². The van der Waals surface area contributed by atoms with Crippen molar-refractivity contribution in [2.24, 2.45) is 0 Å². The summed E-state index contributed by atoms with van der Waals surface area (Å²) in [4.78, 5) is 4.65. The van der Waals surface area contributed by atoms with E-state index in [2.05, 4.69) is 24.0 Å². The minimum atomic E-state index is 0.163. The predicted octanol–water partition coefficient (Wildman–Crippen LogP) is 3.09. The lowest BCUT2D eigenvalue weighted by Crippen LogP contribution is -2.21. The molecule has 0 aliphatic carbocycles. The molecule has 1 N–H and O–H groups in total. The van der Waals surface area contributed by atoms with Gasteiger partial charge in [-0.05, 0) is 30.7 Å². The summed E-state index contributed by atoms with van der Waals surface area (Å²) in [7, 11) is 5.30. The van der Waals surface area contributed by atoms with Crippen LogP contribution in [-0.4, -0.2) is 39.5 Å². The SMILES string of the molecule is COc1ccc(Cc2cc(N(C)CCO)c(C)s2)cc1OC. The molecule has 1 aromatic heterocycles. The minimum Gasteiger partial charge on any atom is -0.493 e. The number of nitrogens with zero attached hydrogens (tertiary/aromatic N) is 1. The van der Waals surface area contributed by atoms with Gasteiger partial charge in [-0.2, -0.15) is 0 Å². The first-order chi connectivity index (χ1) is 10.6. The Morgan fingerprint density at radius 3 is 2.50 bits per heavy atom.